The van der Waals surface area contributed by atoms with E-state index in [0.717, 1.165) is 16.8 Å². The van der Waals surface area contributed by atoms with Crippen molar-refractivity contribution < 1.29 is 14.7 Å². The summed E-state index contributed by atoms with van der Waals surface area (Å²) in [7, 11) is 0. The van der Waals surface area contributed by atoms with Gasteiger partial charge < -0.3 is 10.4 Å². The standard InChI is InChI=1S/C18H17N3O3S/c1-10-11(2)15(8-19)17(20-12(10)3)25-9-16(22)21-14-6-4-13(5-7-14)18(23)24/h4-7H,9H2,1-3H3,(H,21,22)(H,23,24). The van der Waals surface area contributed by atoms with Crippen LogP contribution in [0.2, 0.25) is 0 Å². The number of rotatable bonds is 5. The van der Waals surface area contributed by atoms with Crippen molar-refractivity contribution in [1.82, 2.24) is 4.98 Å². The van der Waals surface area contributed by atoms with Gasteiger partial charge in [0.1, 0.15) is 11.1 Å². The van der Waals surface area contributed by atoms with Crippen molar-refractivity contribution in [2.75, 3.05) is 11.1 Å². The fourth-order valence-electron chi connectivity index (χ4n) is 2.17. The SMILES string of the molecule is Cc1nc(SCC(=O)Nc2ccc(C(=O)O)cc2)c(C#N)c(C)c1C. The molecule has 7 heteroatoms. The van der Waals surface area contributed by atoms with Gasteiger partial charge in [0.2, 0.25) is 5.91 Å². The lowest BCUT2D eigenvalue weighted by molar-refractivity contribution is -0.113. The summed E-state index contributed by atoms with van der Waals surface area (Å²) in [5.41, 5.74) is 3.85. The summed E-state index contributed by atoms with van der Waals surface area (Å²) in [6.45, 7) is 5.66. The van der Waals surface area contributed by atoms with Crippen molar-refractivity contribution >= 4 is 29.3 Å². The van der Waals surface area contributed by atoms with Crippen molar-refractivity contribution in [3.63, 3.8) is 0 Å². The molecule has 1 amide bonds. The summed E-state index contributed by atoms with van der Waals surface area (Å²) in [4.78, 5) is 27.3. The van der Waals surface area contributed by atoms with E-state index < -0.39 is 5.97 Å². The first-order chi connectivity index (χ1) is 11.8. The highest BCUT2D eigenvalue weighted by atomic mass is 32.2. The third-order valence-corrected chi connectivity index (χ3v) is 4.81. The molecule has 2 aromatic rings. The van der Waals surface area contributed by atoms with Crippen LogP contribution in [0.25, 0.3) is 0 Å². The Bertz CT molecular complexity index is 871. The van der Waals surface area contributed by atoms with E-state index >= 15 is 0 Å². The minimum atomic E-state index is -1.02. The monoisotopic (exact) mass is 355 g/mol. The highest BCUT2D eigenvalue weighted by Crippen LogP contribution is 2.26. The normalized spacial score (nSPS) is 10.2. The first-order valence-corrected chi connectivity index (χ1v) is 8.46. The molecule has 128 valence electrons. The molecule has 0 aliphatic heterocycles. The third-order valence-electron chi connectivity index (χ3n) is 3.83. The molecular formula is C18H17N3O3S. The molecule has 0 radical (unpaired) electrons. The van der Waals surface area contributed by atoms with E-state index in [4.69, 9.17) is 5.11 Å². The Balaban J connectivity index is 2.05. The molecule has 6 nitrogen and oxygen atoms in total. The van der Waals surface area contributed by atoms with Crippen LogP contribution in [0.1, 0.15) is 32.7 Å². The van der Waals surface area contributed by atoms with E-state index in [1.807, 2.05) is 20.8 Å². The van der Waals surface area contributed by atoms with E-state index in [1.54, 1.807) is 0 Å². The highest BCUT2D eigenvalue weighted by Gasteiger charge is 2.14. The second-order valence-electron chi connectivity index (χ2n) is 5.46. The van der Waals surface area contributed by atoms with Gasteiger partial charge in [0.15, 0.2) is 0 Å². The van der Waals surface area contributed by atoms with Gasteiger partial charge in [-0.3, -0.25) is 4.79 Å². The largest absolute Gasteiger partial charge is 0.478 e. The molecule has 0 atom stereocenters. The first kappa shape index (κ1) is 18.5. The van der Waals surface area contributed by atoms with E-state index in [2.05, 4.69) is 16.4 Å². The average molecular weight is 355 g/mol. The quantitative estimate of drug-likeness (QED) is 0.798. The number of amides is 1. The third kappa shape index (κ3) is 4.37. The molecule has 25 heavy (non-hydrogen) atoms. The summed E-state index contributed by atoms with van der Waals surface area (Å²) >= 11 is 1.20. The van der Waals surface area contributed by atoms with E-state index in [1.165, 1.54) is 36.0 Å². The van der Waals surface area contributed by atoms with Gasteiger partial charge in [-0.25, -0.2) is 9.78 Å². The maximum absolute atomic E-state index is 12.1. The molecule has 0 fully saturated rings. The van der Waals surface area contributed by atoms with Crippen LogP contribution in [0.15, 0.2) is 29.3 Å². The highest BCUT2D eigenvalue weighted by molar-refractivity contribution is 8.00. The molecular weight excluding hydrogens is 338 g/mol. The van der Waals surface area contributed by atoms with Crippen molar-refractivity contribution in [1.29, 1.82) is 5.26 Å². The number of pyridine rings is 1. The number of aromatic carboxylic acids is 1. The predicted octanol–water partition coefficient (Wildman–Crippen LogP) is 3.31. The minimum Gasteiger partial charge on any atom is -0.478 e. The fourth-order valence-corrected chi connectivity index (χ4v) is 3.06. The van der Waals surface area contributed by atoms with Crippen LogP contribution >= 0.6 is 11.8 Å². The molecule has 0 bridgehead atoms. The topological polar surface area (TPSA) is 103 Å². The van der Waals surface area contributed by atoms with Gasteiger partial charge in [-0.15, -0.1) is 0 Å². The molecule has 1 aromatic carbocycles. The second-order valence-corrected chi connectivity index (χ2v) is 6.42. The number of carbonyl (C=O) groups excluding carboxylic acids is 1. The molecule has 0 spiro atoms. The average Bonchev–Trinajstić information content (AvgIpc) is 2.58. The smallest absolute Gasteiger partial charge is 0.335 e. The molecule has 0 saturated carbocycles. The number of hydrogen-bond donors (Lipinski definition) is 2. The number of aryl methyl sites for hydroxylation is 1. The van der Waals surface area contributed by atoms with E-state index in [0.29, 0.717) is 16.3 Å². The number of benzene rings is 1. The molecule has 0 aliphatic rings. The van der Waals surface area contributed by atoms with Crippen LogP contribution in [0.4, 0.5) is 5.69 Å². The maximum atomic E-state index is 12.1. The Labute approximate surface area is 149 Å². The number of nitriles is 1. The van der Waals surface area contributed by atoms with Gasteiger partial charge in [0, 0.05) is 11.4 Å². The fraction of sp³-hybridized carbons (Fsp3) is 0.222. The summed E-state index contributed by atoms with van der Waals surface area (Å²) in [6, 6.07) is 8.06. The Morgan fingerprint density at radius 1 is 1.20 bits per heavy atom. The number of carboxylic acids is 1. The zero-order valence-corrected chi connectivity index (χ0v) is 14.9. The Kier molecular flexibility index (Phi) is 5.78. The van der Waals surface area contributed by atoms with Crippen molar-refractivity contribution in [2.24, 2.45) is 0 Å². The van der Waals surface area contributed by atoms with Gasteiger partial charge in [0.25, 0.3) is 0 Å². The number of nitrogens with one attached hydrogen (secondary N) is 1. The molecule has 0 saturated heterocycles. The first-order valence-electron chi connectivity index (χ1n) is 7.47. The van der Waals surface area contributed by atoms with Crippen LogP contribution < -0.4 is 5.32 Å². The van der Waals surface area contributed by atoms with Crippen molar-refractivity contribution in [3.8, 4) is 6.07 Å². The zero-order chi connectivity index (χ0) is 18.6. The number of carbonyl (C=O) groups is 2. The van der Waals surface area contributed by atoms with E-state index in [9.17, 15) is 14.9 Å². The van der Waals surface area contributed by atoms with Crippen molar-refractivity contribution in [3.05, 3.63) is 52.2 Å². The van der Waals surface area contributed by atoms with Gasteiger partial charge in [-0.05, 0) is 56.2 Å². The van der Waals surface area contributed by atoms with Gasteiger partial charge >= 0.3 is 5.97 Å². The molecule has 0 aliphatic carbocycles. The Hall–Kier alpha value is -2.85. The molecule has 1 aromatic heterocycles. The molecule has 1 heterocycles. The minimum absolute atomic E-state index is 0.101. The number of nitrogens with zero attached hydrogens (tertiary/aromatic N) is 2. The summed E-state index contributed by atoms with van der Waals surface area (Å²) in [6.07, 6.45) is 0. The zero-order valence-electron chi connectivity index (χ0n) is 14.1. The van der Waals surface area contributed by atoms with Crippen LogP contribution in [0.3, 0.4) is 0 Å². The summed E-state index contributed by atoms with van der Waals surface area (Å²) in [5.74, 6) is -1.17. The van der Waals surface area contributed by atoms with Gasteiger partial charge in [0.05, 0.1) is 16.9 Å². The Morgan fingerprint density at radius 2 is 1.84 bits per heavy atom. The number of hydrogen-bond acceptors (Lipinski definition) is 5. The molecule has 2 N–H and O–H groups in total. The number of carboxylic acid groups (broad SMARTS) is 1. The lowest BCUT2D eigenvalue weighted by Gasteiger charge is -2.11. The molecule has 0 unspecified atom stereocenters. The van der Waals surface area contributed by atoms with Crippen LogP contribution in [-0.2, 0) is 4.79 Å². The lowest BCUT2D eigenvalue weighted by atomic mass is 10.1. The van der Waals surface area contributed by atoms with Crippen molar-refractivity contribution in [2.45, 2.75) is 25.8 Å². The summed E-state index contributed by atoms with van der Waals surface area (Å²) in [5, 5.41) is 21.4. The van der Waals surface area contributed by atoms with Crippen LogP contribution in [-0.4, -0.2) is 27.7 Å². The van der Waals surface area contributed by atoms with Crippen LogP contribution in [0.5, 0.6) is 0 Å². The lowest BCUT2D eigenvalue weighted by Crippen LogP contribution is -2.14. The van der Waals surface area contributed by atoms with Gasteiger partial charge in [-0.2, -0.15) is 5.26 Å². The van der Waals surface area contributed by atoms with E-state index in [-0.39, 0.29) is 17.2 Å². The number of anilines is 1. The maximum Gasteiger partial charge on any atom is 0.335 e. The predicted molar refractivity (Wildman–Crippen MR) is 95.9 cm³/mol. The van der Waals surface area contributed by atoms with Gasteiger partial charge in [-0.1, -0.05) is 11.8 Å². The van der Waals surface area contributed by atoms with Crippen LogP contribution in [0, 0.1) is 32.1 Å². The molecule has 2 rings (SSSR count). The number of thioether (sulfide) groups is 1. The Morgan fingerprint density at radius 3 is 2.40 bits per heavy atom. The summed E-state index contributed by atoms with van der Waals surface area (Å²) < 4.78 is 0. The second kappa shape index (κ2) is 7.81. The number of aromatic nitrogens is 1.